The third-order valence-corrected chi connectivity index (χ3v) is 3.79. The van der Waals surface area contributed by atoms with E-state index in [1.54, 1.807) is 0 Å². The second kappa shape index (κ2) is 8.03. The van der Waals surface area contributed by atoms with E-state index in [0.29, 0.717) is 13.2 Å². The summed E-state index contributed by atoms with van der Waals surface area (Å²) in [7, 11) is 0. The van der Waals surface area contributed by atoms with E-state index >= 15 is 0 Å². The molecule has 0 aromatic heterocycles. The largest absolute Gasteiger partial charge is 0.492 e. The number of hydrogen-bond donors (Lipinski definition) is 0. The SMILES string of the molecule is CCOC(=O)C1CCCN(CCOc2cccc(C)c2)C1. The Morgan fingerprint density at radius 1 is 1.43 bits per heavy atom. The van der Waals surface area contributed by atoms with Crippen LogP contribution in [-0.2, 0) is 9.53 Å². The van der Waals surface area contributed by atoms with E-state index in [1.165, 1.54) is 5.56 Å². The summed E-state index contributed by atoms with van der Waals surface area (Å²) in [5, 5.41) is 0. The molecule has 1 unspecified atom stereocenters. The molecule has 1 saturated heterocycles. The molecule has 1 fully saturated rings. The number of likely N-dealkylation sites (tertiary alicyclic amines) is 1. The van der Waals surface area contributed by atoms with Crippen LogP contribution in [0.2, 0.25) is 0 Å². The summed E-state index contributed by atoms with van der Waals surface area (Å²) < 4.78 is 10.9. The molecule has 2 rings (SSSR count). The molecule has 1 heterocycles. The minimum atomic E-state index is -0.0539. The average Bonchev–Trinajstić information content (AvgIpc) is 2.48. The van der Waals surface area contributed by atoms with Gasteiger partial charge in [0, 0.05) is 13.1 Å². The van der Waals surface area contributed by atoms with Crippen LogP contribution in [0.3, 0.4) is 0 Å². The number of carbonyl (C=O) groups is 1. The highest BCUT2D eigenvalue weighted by atomic mass is 16.5. The first-order chi connectivity index (χ1) is 10.2. The van der Waals surface area contributed by atoms with Crippen LogP contribution in [0.25, 0.3) is 0 Å². The van der Waals surface area contributed by atoms with Crippen molar-refractivity contribution < 1.29 is 14.3 Å². The molecule has 0 radical (unpaired) electrons. The number of nitrogens with zero attached hydrogens (tertiary/aromatic N) is 1. The summed E-state index contributed by atoms with van der Waals surface area (Å²) in [6, 6.07) is 8.08. The summed E-state index contributed by atoms with van der Waals surface area (Å²) in [6.45, 7) is 7.70. The summed E-state index contributed by atoms with van der Waals surface area (Å²) in [4.78, 5) is 14.1. The van der Waals surface area contributed by atoms with Crippen LogP contribution in [0, 0.1) is 12.8 Å². The Morgan fingerprint density at radius 2 is 2.29 bits per heavy atom. The van der Waals surface area contributed by atoms with Gasteiger partial charge in [-0.25, -0.2) is 0 Å². The monoisotopic (exact) mass is 291 g/mol. The van der Waals surface area contributed by atoms with Crippen molar-refractivity contribution >= 4 is 5.97 Å². The third-order valence-electron chi connectivity index (χ3n) is 3.79. The Hall–Kier alpha value is -1.55. The first kappa shape index (κ1) is 15.8. The lowest BCUT2D eigenvalue weighted by Crippen LogP contribution is -2.41. The number of aryl methyl sites for hydroxylation is 1. The molecule has 0 aliphatic carbocycles. The van der Waals surface area contributed by atoms with E-state index in [2.05, 4.69) is 17.9 Å². The van der Waals surface area contributed by atoms with Gasteiger partial charge in [-0.1, -0.05) is 12.1 Å². The minimum absolute atomic E-state index is 0.0256. The van der Waals surface area contributed by atoms with Gasteiger partial charge in [-0.3, -0.25) is 9.69 Å². The van der Waals surface area contributed by atoms with E-state index < -0.39 is 0 Å². The van der Waals surface area contributed by atoms with Crippen molar-refractivity contribution in [1.82, 2.24) is 4.90 Å². The number of rotatable bonds is 6. The number of benzene rings is 1. The maximum absolute atomic E-state index is 11.8. The number of ether oxygens (including phenoxy) is 2. The van der Waals surface area contributed by atoms with Crippen LogP contribution in [0.4, 0.5) is 0 Å². The molecular formula is C17H25NO3. The van der Waals surface area contributed by atoms with Gasteiger partial charge in [-0.2, -0.15) is 0 Å². The van der Waals surface area contributed by atoms with E-state index in [-0.39, 0.29) is 11.9 Å². The lowest BCUT2D eigenvalue weighted by Gasteiger charge is -2.31. The highest BCUT2D eigenvalue weighted by molar-refractivity contribution is 5.72. The summed E-state index contributed by atoms with van der Waals surface area (Å²) in [6.07, 6.45) is 1.99. The van der Waals surface area contributed by atoms with E-state index in [1.807, 2.05) is 25.1 Å². The predicted molar refractivity (Wildman–Crippen MR) is 82.5 cm³/mol. The molecule has 1 atom stereocenters. The van der Waals surface area contributed by atoms with Crippen LogP contribution in [-0.4, -0.2) is 43.7 Å². The Kier molecular flexibility index (Phi) is 6.05. The summed E-state index contributed by atoms with van der Waals surface area (Å²) in [5.74, 6) is 0.883. The summed E-state index contributed by atoms with van der Waals surface area (Å²) >= 11 is 0. The second-order valence-electron chi connectivity index (χ2n) is 5.56. The zero-order valence-electron chi connectivity index (χ0n) is 13.0. The van der Waals surface area contributed by atoms with Gasteiger partial charge in [-0.05, 0) is 50.9 Å². The second-order valence-corrected chi connectivity index (χ2v) is 5.56. The molecule has 0 bridgehead atoms. The van der Waals surface area contributed by atoms with Crippen LogP contribution >= 0.6 is 0 Å². The molecule has 1 aliphatic rings. The van der Waals surface area contributed by atoms with E-state index in [9.17, 15) is 4.79 Å². The first-order valence-electron chi connectivity index (χ1n) is 7.77. The zero-order valence-corrected chi connectivity index (χ0v) is 13.0. The normalized spacial score (nSPS) is 19.2. The molecule has 1 aromatic rings. The average molecular weight is 291 g/mol. The van der Waals surface area contributed by atoms with Gasteiger partial charge in [0.25, 0.3) is 0 Å². The van der Waals surface area contributed by atoms with Crippen LogP contribution in [0.5, 0.6) is 5.75 Å². The van der Waals surface area contributed by atoms with Gasteiger partial charge in [0.1, 0.15) is 12.4 Å². The molecule has 1 aliphatic heterocycles. The molecule has 21 heavy (non-hydrogen) atoms. The van der Waals surface area contributed by atoms with Gasteiger partial charge < -0.3 is 9.47 Å². The topological polar surface area (TPSA) is 38.8 Å². The number of esters is 1. The smallest absolute Gasteiger partial charge is 0.310 e. The molecule has 0 saturated carbocycles. The minimum Gasteiger partial charge on any atom is -0.492 e. The molecular weight excluding hydrogens is 266 g/mol. The molecule has 4 heteroatoms. The predicted octanol–water partition coefficient (Wildman–Crippen LogP) is 2.65. The maximum atomic E-state index is 11.8. The van der Waals surface area contributed by atoms with Crippen LogP contribution in [0.15, 0.2) is 24.3 Å². The van der Waals surface area contributed by atoms with Gasteiger partial charge in [0.2, 0.25) is 0 Å². The molecule has 4 nitrogen and oxygen atoms in total. The van der Waals surface area contributed by atoms with E-state index in [0.717, 1.165) is 38.2 Å². The molecule has 1 aromatic carbocycles. The fourth-order valence-corrected chi connectivity index (χ4v) is 2.71. The van der Waals surface area contributed by atoms with Crippen molar-refractivity contribution in [2.75, 3.05) is 32.8 Å². The highest BCUT2D eigenvalue weighted by Gasteiger charge is 2.26. The zero-order chi connectivity index (χ0) is 15.1. The lowest BCUT2D eigenvalue weighted by molar-refractivity contribution is -0.150. The van der Waals surface area contributed by atoms with Gasteiger partial charge >= 0.3 is 5.97 Å². The van der Waals surface area contributed by atoms with Crippen LogP contribution < -0.4 is 4.74 Å². The fourth-order valence-electron chi connectivity index (χ4n) is 2.71. The van der Waals surface area contributed by atoms with Gasteiger partial charge in [-0.15, -0.1) is 0 Å². The highest BCUT2D eigenvalue weighted by Crippen LogP contribution is 2.18. The molecule has 0 amide bonds. The standard InChI is InChI=1S/C17H25NO3/c1-3-20-17(19)15-7-5-9-18(13-15)10-11-21-16-8-4-6-14(2)12-16/h4,6,8,12,15H,3,5,7,9-11,13H2,1-2H3. The molecule has 0 spiro atoms. The Balaban J connectivity index is 1.74. The van der Waals surface area contributed by atoms with Crippen molar-refractivity contribution in [2.24, 2.45) is 5.92 Å². The molecule has 116 valence electrons. The van der Waals surface area contributed by atoms with Gasteiger partial charge in [0.05, 0.1) is 12.5 Å². The maximum Gasteiger partial charge on any atom is 0.310 e. The van der Waals surface area contributed by atoms with Gasteiger partial charge in [0.15, 0.2) is 0 Å². The third kappa shape index (κ3) is 5.05. The van der Waals surface area contributed by atoms with E-state index in [4.69, 9.17) is 9.47 Å². The van der Waals surface area contributed by atoms with Crippen molar-refractivity contribution in [3.05, 3.63) is 29.8 Å². The van der Waals surface area contributed by atoms with Crippen molar-refractivity contribution in [3.63, 3.8) is 0 Å². The van der Waals surface area contributed by atoms with Crippen molar-refractivity contribution in [1.29, 1.82) is 0 Å². The quantitative estimate of drug-likeness (QED) is 0.755. The molecule has 0 N–H and O–H groups in total. The lowest BCUT2D eigenvalue weighted by atomic mass is 9.98. The fraction of sp³-hybridized carbons (Fsp3) is 0.588. The number of hydrogen-bond acceptors (Lipinski definition) is 4. The summed E-state index contributed by atoms with van der Waals surface area (Å²) in [5.41, 5.74) is 1.20. The Bertz CT molecular complexity index is 461. The van der Waals surface area contributed by atoms with Crippen LogP contribution in [0.1, 0.15) is 25.3 Å². The first-order valence-corrected chi connectivity index (χ1v) is 7.77. The van der Waals surface area contributed by atoms with Crippen molar-refractivity contribution in [3.8, 4) is 5.75 Å². The Morgan fingerprint density at radius 3 is 3.05 bits per heavy atom. The number of piperidine rings is 1. The Labute approximate surface area is 127 Å². The number of carbonyl (C=O) groups excluding carboxylic acids is 1. The van der Waals surface area contributed by atoms with Crippen molar-refractivity contribution in [2.45, 2.75) is 26.7 Å².